The Morgan fingerprint density at radius 2 is 2.19 bits per heavy atom. The van der Waals surface area contributed by atoms with Gasteiger partial charge in [-0.2, -0.15) is 11.3 Å². The maximum absolute atomic E-state index is 13.3. The van der Waals surface area contributed by atoms with E-state index in [1.807, 2.05) is 10.8 Å². The molecule has 3 N–H and O–H groups in total. The van der Waals surface area contributed by atoms with E-state index in [0.717, 1.165) is 5.56 Å². The summed E-state index contributed by atoms with van der Waals surface area (Å²) in [6.07, 6.45) is 0. The predicted molar refractivity (Wildman–Crippen MR) is 79.2 cm³/mol. The molecule has 0 saturated heterocycles. The summed E-state index contributed by atoms with van der Waals surface area (Å²) in [6, 6.07) is 8.02. The van der Waals surface area contributed by atoms with Crippen LogP contribution in [0.5, 0.6) is 0 Å². The van der Waals surface area contributed by atoms with Gasteiger partial charge in [-0.05, 0) is 17.5 Å². The molecule has 0 radical (unpaired) electrons. The molecule has 21 heavy (non-hydrogen) atoms. The van der Waals surface area contributed by atoms with Gasteiger partial charge < -0.3 is 15.9 Å². The van der Waals surface area contributed by atoms with E-state index in [1.54, 1.807) is 24.3 Å². The number of nitrogens with two attached hydrogens (primary N) is 1. The third-order valence-corrected chi connectivity index (χ3v) is 3.29. The summed E-state index contributed by atoms with van der Waals surface area (Å²) in [7, 11) is 0. The second kappa shape index (κ2) is 7.39. The number of amidine groups is 1. The van der Waals surface area contributed by atoms with Crippen molar-refractivity contribution in [1.82, 2.24) is 5.32 Å². The van der Waals surface area contributed by atoms with Crippen LogP contribution in [0.25, 0.3) is 0 Å². The lowest BCUT2D eigenvalue weighted by molar-refractivity contribution is -0.125. The Bertz CT molecular complexity index is 629. The molecule has 1 heterocycles. The Balaban J connectivity index is 1.75. The van der Waals surface area contributed by atoms with Crippen molar-refractivity contribution >= 4 is 23.1 Å². The van der Waals surface area contributed by atoms with Gasteiger partial charge in [-0.25, -0.2) is 4.39 Å². The lowest BCUT2D eigenvalue weighted by atomic mass is 10.2. The monoisotopic (exact) mass is 307 g/mol. The molecule has 5 nitrogen and oxygen atoms in total. The fourth-order valence-corrected chi connectivity index (χ4v) is 2.16. The Kier molecular flexibility index (Phi) is 5.28. The molecule has 0 aliphatic heterocycles. The lowest BCUT2D eigenvalue weighted by Crippen LogP contribution is -2.27. The average Bonchev–Trinajstić information content (AvgIpc) is 3.00. The molecular weight excluding hydrogens is 293 g/mol. The SMILES string of the molecule is N/C(=N\OCC(=O)NCc1ccccc1F)c1ccsc1. The molecule has 110 valence electrons. The van der Waals surface area contributed by atoms with Gasteiger partial charge in [0.1, 0.15) is 5.82 Å². The average molecular weight is 307 g/mol. The third kappa shape index (κ3) is 4.57. The highest BCUT2D eigenvalue weighted by molar-refractivity contribution is 7.08. The number of thiophene rings is 1. The van der Waals surface area contributed by atoms with Crippen LogP contribution in [-0.4, -0.2) is 18.3 Å². The normalized spacial score (nSPS) is 11.2. The van der Waals surface area contributed by atoms with E-state index in [0.29, 0.717) is 5.56 Å². The standard InChI is InChI=1S/C14H14FN3O2S/c15-12-4-2-1-3-10(12)7-17-13(19)8-20-18-14(16)11-5-6-21-9-11/h1-6,9H,7-8H2,(H2,16,18)(H,17,19). The van der Waals surface area contributed by atoms with Crippen LogP contribution in [-0.2, 0) is 16.2 Å². The number of nitrogens with zero attached hydrogens (tertiary/aromatic N) is 1. The number of halogens is 1. The van der Waals surface area contributed by atoms with Gasteiger partial charge in [0.25, 0.3) is 5.91 Å². The van der Waals surface area contributed by atoms with E-state index in [2.05, 4.69) is 10.5 Å². The van der Waals surface area contributed by atoms with Gasteiger partial charge in [-0.3, -0.25) is 4.79 Å². The second-order valence-electron chi connectivity index (χ2n) is 4.13. The van der Waals surface area contributed by atoms with Gasteiger partial charge in [0.15, 0.2) is 12.4 Å². The maximum atomic E-state index is 13.3. The van der Waals surface area contributed by atoms with Crippen LogP contribution >= 0.6 is 11.3 Å². The van der Waals surface area contributed by atoms with Crippen molar-refractivity contribution in [3.05, 3.63) is 58.0 Å². The van der Waals surface area contributed by atoms with Crippen molar-refractivity contribution in [3.63, 3.8) is 0 Å². The molecule has 1 aromatic carbocycles. The smallest absolute Gasteiger partial charge is 0.261 e. The van der Waals surface area contributed by atoms with Crippen molar-refractivity contribution in [3.8, 4) is 0 Å². The Morgan fingerprint density at radius 3 is 2.90 bits per heavy atom. The van der Waals surface area contributed by atoms with Crippen molar-refractivity contribution in [2.75, 3.05) is 6.61 Å². The fourth-order valence-electron chi connectivity index (χ4n) is 1.51. The number of benzene rings is 1. The molecule has 0 spiro atoms. The molecule has 0 aliphatic rings. The number of nitrogens with one attached hydrogen (secondary N) is 1. The zero-order chi connectivity index (χ0) is 15.1. The van der Waals surface area contributed by atoms with Gasteiger partial charge in [0.05, 0.1) is 0 Å². The van der Waals surface area contributed by atoms with Crippen molar-refractivity contribution in [1.29, 1.82) is 0 Å². The summed E-state index contributed by atoms with van der Waals surface area (Å²) in [5, 5.41) is 9.86. The number of rotatable bonds is 6. The van der Waals surface area contributed by atoms with Crippen molar-refractivity contribution < 1.29 is 14.0 Å². The highest BCUT2D eigenvalue weighted by Crippen LogP contribution is 2.06. The van der Waals surface area contributed by atoms with Gasteiger partial charge >= 0.3 is 0 Å². The van der Waals surface area contributed by atoms with Crippen molar-refractivity contribution in [2.45, 2.75) is 6.54 Å². The third-order valence-electron chi connectivity index (χ3n) is 2.61. The molecule has 0 fully saturated rings. The number of hydrogen-bond acceptors (Lipinski definition) is 4. The van der Waals surface area contributed by atoms with Crippen LogP contribution in [0, 0.1) is 5.82 Å². The van der Waals surface area contributed by atoms with E-state index >= 15 is 0 Å². The summed E-state index contributed by atoms with van der Waals surface area (Å²) in [6.45, 7) is -0.183. The zero-order valence-corrected chi connectivity index (χ0v) is 11.9. The first-order valence-corrected chi connectivity index (χ1v) is 7.09. The summed E-state index contributed by atoms with van der Waals surface area (Å²) < 4.78 is 13.3. The maximum Gasteiger partial charge on any atom is 0.261 e. The van der Waals surface area contributed by atoms with Gasteiger partial charge in [-0.1, -0.05) is 23.4 Å². The zero-order valence-electron chi connectivity index (χ0n) is 11.1. The van der Waals surface area contributed by atoms with E-state index in [4.69, 9.17) is 10.6 Å². The second-order valence-corrected chi connectivity index (χ2v) is 4.91. The highest BCUT2D eigenvalue weighted by Gasteiger charge is 2.05. The minimum Gasteiger partial charge on any atom is -0.384 e. The predicted octanol–water partition coefficient (Wildman–Crippen LogP) is 1.84. The Labute approximate surface area is 125 Å². The molecule has 0 aliphatic carbocycles. The minimum atomic E-state index is -0.403. The van der Waals surface area contributed by atoms with E-state index < -0.39 is 5.91 Å². The summed E-state index contributed by atoms with van der Waals surface area (Å²) in [5.41, 5.74) is 6.81. The molecule has 0 atom stereocenters. The Hall–Kier alpha value is -2.41. The molecule has 2 rings (SSSR count). The quantitative estimate of drug-likeness (QED) is 0.486. The summed E-state index contributed by atoms with van der Waals surface area (Å²) in [5.74, 6) is -0.559. The van der Waals surface area contributed by atoms with Crippen LogP contribution in [0.15, 0.2) is 46.2 Å². The molecule has 0 bridgehead atoms. The largest absolute Gasteiger partial charge is 0.384 e. The van der Waals surface area contributed by atoms with Crippen molar-refractivity contribution in [2.24, 2.45) is 10.9 Å². The van der Waals surface area contributed by atoms with E-state index in [1.165, 1.54) is 17.4 Å². The van der Waals surface area contributed by atoms with E-state index in [-0.39, 0.29) is 24.8 Å². The molecule has 0 unspecified atom stereocenters. The molecule has 7 heteroatoms. The number of hydrogen-bond donors (Lipinski definition) is 2. The van der Waals surface area contributed by atoms with Gasteiger partial charge in [0, 0.05) is 23.1 Å². The lowest BCUT2D eigenvalue weighted by Gasteiger charge is -2.05. The number of carbonyl (C=O) groups excluding carboxylic acids is 1. The van der Waals surface area contributed by atoms with Crippen LogP contribution < -0.4 is 11.1 Å². The first kappa shape index (κ1) is 15.0. The van der Waals surface area contributed by atoms with Crippen LogP contribution in [0.1, 0.15) is 11.1 Å². The number of amides is 1. The van der Waals surface area contributed by atoms with Gasteiger partial charge in [0.2, 0.25) is 0 Å². The topological polar surface area (TPSA) is 76.7 Å². The summed E-state index contributed by atoms with van der Waals surface area (Å²) in [4.78, 5) is 16.4. The highest BCUT2D eigenvalue weighted by atomic mass is 32.1. The molecule has 0 saturated carbocycles. The fraction of sp³-hybridized carbons (Fsp3) is 0.143. The first-order valence-electron chi connectivity index (χ1n) is 6.15. The molecule has 1 amide bonds. The molecule has 1 aromatic heterocycles. The van der Waals surface area contributed by atoms with Crippen LogP contribution in [0.2, 0.25) is 0 Å². The minimum absolute atomic E-state index is 0.0958. The number of oxime groups is 1. The van der Waals surface area contributed by atoms with E-state index in [9.17, 15) is 9.18 Å². The Morgan fingerprint density at radius 1 is 1.38 bits per heavy atom. The number of carbonyl (C=O) groups is 1. The summed E-state index contributed by atoms with van der Waals surface area (Å²) >= 11 is 1.48. The van der Waals surface area contributed by atoms with Crippen LogP contribution in [0.3, 0.4) is 0 Å². The van der Waals surface area contributed by atoms with Gasteiger partial charge in [-0.15, -0.1) is 0 Å². The van der Waals surface area contributed by atoms with Crippen LogP contribution in [0.4, 0.5) is 4.39 Å². The molecular formula is C14H14FN3O2S. The first-order chi connectivity index (χ1) is 10.2. The molecule has 2 aromatic rings.